The number of benzene rings is 2. The molecule has 2 aromatic heterocycles. The molecule has 0 radical (unpaired) electrons. The minimum absolute atomic E-state index is 0.565. The van der Waals surface area contributed by atoms with Gasteiger partial charge in [-0.3, -0.25) is 4.40 Å². The van der Waals surface area contributed by atoms with Crippen LogP contribution >= 0.6 is 0 Å². The number of nitrogen functional groups attached to an aromatic ring is 1. The smallest absolute Gasteiger partial charge is 0.255 e. The van der Waals surface area contributed by atoms with E-state index in [1.54, 1.807) is 6.20 Å². The van der Waals surface area contributed by atoms with E-state index in [0.717, 1.165) is 16.3 Å². The van der Waals surface area contributed by atoms with Gasteiger partial charge in [0, 0.05) is 23.6 Å². The van der Waals surface area contributed by atoms with Crippen LogP contribution in [0.1, 0.15) is 0 Å². The molecule has 20 heavy (non-hydrogen) atoms. The quantitative estimate of drug-likeness (QED) is 0.534. The second-order valence-electron chi connectivity index (χ2n) is 4.60. The predicted molar refractivity (Wildman–Crippen MR) is 78.1 cm³/mol. The minimum atomic E-state index is 0.565. The molecular weight excluding hydrogens is 250 g/mol. The van der Waals surface area contributed by atoms with Gasteiger partial charge in [0.2, 0.25) is 0 Å². The molecule has 0 saturated carbocycles. The fourth-order valence-electron chi connectivity index (χ4n) is 2.38. The monoisotopic (exact) mass is 261 g/mol. The third-order valence-corrected chi connectivity index (χ3v) is 3.35. The van der Waals surface area contributed by atoms with Crippen molar-refractivity contribution in [1.82, 2.24) is 19.6 Å². The van der Waals surface area contributed by atoms with Crippen LogP contribution in [0.2, 0.25) is 0 Å². The van der Waals surface area contributed by atoms with E-state index in [2.05, 4.69) is 21.2 Å². The molecule has 96 valence electrons. The number of fused-ring (bicyclic) bond motifs is 2. The Balaban J connectivity index is 2.04. The van der Waals surface area contributed by atoms with E-state index in [-0.39, 0.29) is 0 Å². The third kappa shape index (κ3) is 1.53. The molecule has 2 aromatic carbocycles. The molecule has 4 rings (SSSR count). The van der Waals surface area contributed by atoms with Gasteiger partial charge in [-0.25, -0.2) is 4.98 Å². The highest BCUT2D eigenvalue weighted by atomic mass is 15.3. The molecule has 5 nitrogen and oxygen atoms in total. The maximum Gasteiger partial charge on any atom is 0.255 e. The van der Waals surface area contributed by atoms with Gasteiger partial charge < -0.3 is 5.73 Å². The van der Waals surface area contributed by atoms with Crippen LogP contribution < -0.4 is 5.73 Å². The second-order valence-corrected chi connectivity index (χ2v) is 4.60. The number of rotatable bonds is 1. The fourth-order valence-corrected chi connectivity index (χ4v) is 2.38. The van der Waals surface area contributed by atoms with E-state index < -0.39 is 0 Å². The van der Waals surface area contributed by atoms with Crippen LogP contribution in [0.3, 0.4) is 0 Å². The van der Waals surface area contributed by atoms with Crippen molar-refractivity contribution in [2.24, 2.45) is 0 Å². The van der Waals surface area contributed by atoms with Gasteiger partial charge in [0.05, 0.1) is 0 Å². The summed E-state index contributed by atoms with van der Waals surface area (Å²) in [6, 6.07) is 13.9. The lowest BCUT2D eigenvalue weighted by Crippen LogP contribution is -1.95. The van der Waals surface area contributed by atoms with Crippen LogP contribution in [0.4, 0.5) is 5.69 Å². The predicted octanol–water partition coefficient (Wildman–Crippen LogP) is 2.53. The fraction of sp³-hybridized carbons (Fsp3) is 0. The summed E-state index contributed by atoms with van der Waals surface area (Å²) in [6.07, 6.45) is 3.57. The summed E-state index contributed by atoms with van der Waals surface area (Å²) in [7, 11) is 0. The van der Waals surface area contributed by atoms with E-state index in [1.165, 1.54) is 0 Å². The highest BCUT2D eigenvalue weighted by molar-refractivity contribution is 5.92. The molecule has 2 heterocycles. The SMILES string of the molecule is Nc1cc2ccccc2cc1-c1nnc2ncccn12. The summed E-state index contributed by atoms with van der Waals surface area (Å²) >= 11 is 0. The first-order valence-corrected chi connectivity index (χ1v) is 6.27. The summed E-state index contributed by atoms with van der Waals surface area (Å²) in [5.41, 5.74) is 7.71. The van der Waals surface area contributed by atoms with Crippen LogP contribution in [0.25, 0.3) is 27.9 Å². The Labute approximate surface area is 114 Å². The highest BCUT2D eigenvalue weighted by Gasteiger charge is 2.12. The van der Waals surface area contributed by atoms with Crippen molar-refractivity contribution in [3.63, 3.8) is 0 Å². The summed E-state index contributed by atoms with van der Waals surface area (Å²) in [5.74, 6) is 1.27. The zero-order chi connectivity index (χ0) is 13.5. The molecule has 2 N–H and O–H groups in total. The van der Waals surface area contributed by atoms with Crippen LogP contribution in [0.5, 0.6) is 0 Å². The molecular formula is C15H11N5. The number of aromatic nitrogens is 4. The van der Waals surface area contributed by atoms with Crippen molar-refractivity contribution in [2.75, 3.05) is 5.73 Å². The van der Waals surface area contributed by atoms with Crippen molar-refractivity contribution in [3.05, 3.63) is 54.9 Å². The van der Waals surface area contributed by atoms with Crippen LogP contribution in [-0.4, -0.2) is 19.6 Å². The molecule has 0 unspecified atom stereocenters. The maximum atomic E-state index is 6.17. The van der Waals surface area contributed by atoms with E-state index >= 15 is 0 Å². The molecule has 0 aliphatic heterocycles. The number of hydrogen-bond acceptors (Lipinski definition) is 4. The molecule has 0 atom stereocenters. The average molecular weight is 261 g/mol. The normalized spacial score (nSPS) is 11.2. The molecule has 0 fully saturated rings. The summed E-state index contributed by atoms with van der Waals surface area (Å²) in [6.45, 7) is 0. The average Bonchev–Trinajstić information content (AvgIpc) is 2.90. The Hall–Kier alpha value is -2.95. The van der Waals surface area contributed by atoms with Crippen molar-refractivity contribution < 1.29 is 0 Å². The number of anilines is 1. The lowest BCUT2D eigenvalue weighted by atomic mass is 10.0. The molecule has 0 saturated heterocycles. The molecule has 0 bridgehead atoms. The molecule has 0 aliphatic rings. The Kier molecular flexibility index (Phi) is 2.20. The summed E-state index contributed by atoms with van der Waals surface area (Å²) < 4.78 is 1.83. The van der Waals surface area contributed by atoms with Gasteiger partial charge in [-0.05, 0) is 29.0 Å². The van der Waals surface area contributed by atoms with Gasteiger partial charge in [-0.15, -0.1) is 10.2 Å². The molecule has 0 spiro atoms. The standard InChI is InChI=1S/C15H11N5/c16-13-9-11-5-2-1-4-10(11)8-12(13)14-18-19-15-17-6-3-7-20(14)15/h1-9H,16H2. The number of nitrogens with zero attached hydrogens (tertiary/aromatic N) is 4. The van der Waals surface area contributed by atoms with Gasteiger partial charge >= 0.3 is 0 Å². The first kappa shape index (κ1) is 10.9. The van der Waals surface area contributed by atoms with Crippen molar-refractivity contribution >= 4 is 22.2 Å². The zero-order valence-electron chi connectivity index (χ0n) is 10.6. The molecule has 4 aromatic rings. The van der Waals surface area contributed by atoms with Gasteiger partial charge in [0.25, 0.3) is 5.78 Å². The minimum Gasteiger partial charge on any atom is -0.398 e. The summed E-state index contributed by atoms with van der Waals surface area (Å²) in [5, 5.41) is 10.5. The van der Waals surface area contributed by atoms with E-state index in [0.29, 0.717) is 17.3 Å². The lowest BCUT2D eigenvalue weighted by Gasteiger charge is -2.06. The van der Waals surface area contributed by atoms with Gasteiger partial charge in [-0.2, -0.15) is 0 Å². The maximum absolute atomic E-state index is 6.17. The van der Waals surface area contributed by atoms with Crippen LogP contribution in [-0.2, 0) is 0 Å². The summed E-state index contributed by atoms with van der Waals surface area (Å²) in [4.78, 5) is 4.17. The van der Waals surface area contributed by atoms with Crippen LogP contribution in [0, 0.1) is 0 Å². The topological polar surface area (TPSA) is 69.1 Å². The molecule has 0 amide bonds. The second kappa shape index (κ2) is 4.03. The lowest BCUT2D eigenvalue weighted by molar-refractivity contribution is 1.10. The zero-order valence-corrected chi connectivity index (χ0v) is 10.6. The molecule has 5 heteroatoms. The van der Waals surface area contributed by atoms with E-state index in [1.807, 2.05) is 47.0 Å². The first-order valence-electron chi connectivity index (χ1n) is 6.27. The highest BCUT2D eigenvalue weighted by Crippen LogP contribution is 2.29. The van der Waals surface area contributed by atoms with Gasteiger partial charge in [0.15, 0.2) is 5.82 Å². The van der Waals surface area contributed by atoms with Crippen molar-refractivity contribution in [1.29, 1.82) is 0 Å². The van der Waals surface area contributed by atoms with Gasteiger partial charge in [0.1, 0.15) is 0 Å². The Morgan fingerprint density at radius 1 is 0.950 bits per heavy atom. The van der Waals surface area contributed by atoms with Crippen molar-refractivity contribution in [3.8, 4) is 11.4 Å². The van der Waals surface area contributed by atoms with Crippen LogP contribution in [0.15, 0.2) is 54.9 Å². The number of hydrogen-bond donors (Lipinski definition) is 1. The Morgan fingerprint density at radius 2 is 1.75 bits per heavy atom. The first-order chi connectivity index (χ1) is 9.83. The van der Waals surface area contributed by atoms with Crippen molar-refractivity contribution in [2.45, 2.75) is 0 Å². The third-order valence-electron chi connectivity index (χ3n) is 3.35. The largest absolute Gasteiger partial charge is 0.398 e. The van der Waals surface area contributed by atoms with Gasteiger partial charge in [-0.1, -0.05) is 24.3 Å². The van der Waals surface area contributed by atoms with E-state index in [9.17, 15) is 0 Å². The number of nitrogens with two attached hydrogens (primary N) is 1. The van der Waals surface area contributed by atoms with E-state index in [4.69, 9.17) is 5.73 Å². The molecule has 0 aliphatic carbocycles. The Bertz CT molecular complexity index is 926. The Morgan fingerprint density at radius 3 is 2.60 bits per heavy atom.